The van der Waals surface area contributed by atoms with Crippen molar-refractivity contribution in [2.24, 2.45) is 5.73 Å². The molecule has 2 aliphatic rings. The molecule has 0 bridgehead atoms. The third kappa shape index (κ3) is 3.02. The molecule has 1 aliphatic carbocycles. The molecule has 18 heavy (non-hydrogen) atoms. The lowest BCUT2D eigenvalue weighted by atomic mass is 9.81. The number of morpholine rings is 1. The van der Waals surface area contributed by atoms with E-state index in [1.807, 2.05) is 4.90 Å². The summed E-state index contributed by atoms with van der Waals surface area (Å²) in [5, 5.41) is 0. The minimum absolute atomic E-state index is 0.0140. The molecule has 5 nitrogen and oxygen atoms in total. The van der Waals surface area contributed by atoms with Crippen LogP contribution in [0.25, 0.3) is 0 Å². The standard InChI is InChI=1S/C13H24N2O3/c1-17-10-11-9-15(7-8-18-11)12(16)13(14)5-3-2-4-6-13/h11H,2-10,14H2,1H3/t11-/m0/s1. The molecule has 0 radical (unpaired) electrons. The van der Waals surface area contributed by atoms with Gasteiger partial charge >= 0.3 is 0 Å². The van der Waals surface area contributed by atoms with Gasteiger partial charge in [-0.05, 0) is 12.8 Å². The first-order valence-electron chi connectivity index (χ1n) is 6.84. The van der Waals surface area contributed by atoms with Gasteiger partial charge in [-0.15, -0.1) is 0 Å². The monoisotopic (exact) mass is 256 g/mol. The van der Waals surface area contributed by atoms with Crippen LogP contribution in [0.2, 0.25) is 0 Å². The van der Waals surface area contributed by atoms with Crippen LogP contribution in [0.15, 0.2) is 0 Å². The van der Waals surface area contributed by atoms with Crippen LogP contribution in [0, 0.1) is 0 Å². The average Bonchev–Trinajstić information content (AvgIpc) is 2.39. The van der Waals surface area contributed by atoms with Gasteiger partial charge in [0.05, 0.1) is 24.9 Å². The summed E-state index contributed by atoms with van der Waals surface area (Å²) < 4.78 is 10.6. The number of nitrogens with two attached hydrogens (primary N) is 1. The van der Waals surface area contributed by atoms with E-state index in [4.69, 9.17) is 15.2 Å². The molecule has 0 aromatic heterocycles. The molecule has 1 amide bonds. The molecule has 1 atom stereocenters. The lowest BCUT2D eigenvalue weighted by Crippen LogP contribution is -2.59. The van der Waals surface area contributed by atoms with E-state index in [1.165, 1.54) is 6.42 Å². The van der Waals surface area contributed by atoms with Crippen molar-refractivity contribution in [1.29, 1.82) is 0 Å². The number of ether oxygens (including phenoxy) is 2. The van der Waals surface area contributed by atoms with Gasteiger partial charge in [-0.3, -0.25) is 4.79 Å². The minimum atomic E-state index is -0.632. The molecular formula is C13H24N2O3. The van der Waals surface area contributed by atoms with Crippen molar-refractivity contribution in [3.8, 4) is 0 Å². The second-order valence-corrected chi connectivity index (χ2v) is 5.42. The molecule has 1 saturated heterocycles. The molecule has 0 spiro atoms. The molecule has 0 aromatic carbocycles. The molecule has 1 heterocycles. The van der Waals surface area contributed by atoms with Crippen LogP contribution in [-0.2, 0) is 14.3 Å². The lowest BCUT2D eigenvalue weighted by molar-refractivity contribution is -0.147. The third-order valence-corrected chi connectivity index (χ3v) is 3.95. The van der Waals surface area contributed by atoms with Crippen LogP contribution in [0.3, 0.4) is 0 Å². The van der Waals surface area contributed by atoms with Crippen LogP contribution in [0.5, 0.6) is 0 Å². The summed E-state index contributed by atoms with van der Waals surface area (Å²) in [7, 11) is 1.65. The van der Waals surface area contributed by atoms with Gasteiger partial charge in [0.25, 0.3) is 0 Å². The number of amides is 1. The highest BCUT2D eigenvalue weighted by Gasteiger charge is 2.39. The average molecular weight is 256 g/mol. The highest BCUT2D eigenvalue weighted by Crippen LogP contribution is 2.28. The molecule has 1 saturated carbocycles. The number of carbonyl (C=O) groups excluding carboxylic acids is 1. The summed E-state index contributed by atoms with van der Waals surface area (Å²) in [5.74, 6) is 0.103. The molecule has 1 aliphatic heterocycles. The first-order chi connectivity index (χ1) is 8.65. The van der Waals surface area contributed by atoms with E-state index in [2.05, 4.69) is 0 Å². The van der Waals surface area contributed by atoms with Gasteiger partial charge in [0.1, 0.15) is 0 Å². The maximum absolute atomic E-state index is 12.5. The van der Waals surface area contributed by atoms with E-state index in [0.29, 0.717) is 26.3 Å². The normalized spacial score (nSPS) is 28.1. The molecule has 2 N–H and O–H groups in total. The van der Waals surface area contributed by atoms with E-state index < -0.39 is 5.54 Å². The zero-order valence-electron chi connectivity index (χ0n) is 11.2. The predicted molar refractivity (Wildman–Crippen MR) is 68.2 cm³/mol. The summed E-state index contributed by atoms with van der Waals surface area (Å²) in [4.78, 5) is 14.4. The first kappa shape index (κ1) is 13.8. The molecule has 0 aromatic rings. The third-order valence-electron chi connectivity index (χ3n) is 3.95. The van der Waals surface area contributed by atoms with Crippen LogP contribution in [-0.4, -0.2) is 55.9 Å². The van der Waals surface area contributed by atoms with E-state index in [1.54, 1.807) is 7.11 Å². The quantitative estimate of drug-likeness (QED) is 0.799. The lowest BCUT2D eigenvalue weighted by Gasteiger charge is -2.40. The van der Waals surface area contributed by atoms with Crippen molar-refractivity contribution in [3.05, 3.63) is 0 Å². The zero-order valence-corrected chi connectivity index (χ0v) is 11.2. The van der Waals surface area contributed by atoms with E-state index >= 15 is 0 Å². The Kier molecular flexibility index (Phi) is 4.59. The molecule has 5 heteroatoms. The minimum Gasteiger partial charge on any atom is -0.382 e. The Labute approximate surface area is 109 Å². The largest absolute Gasteiger partial charge is 0.382 e. The fourth-order valence-electron chi connectivity index (χ4n) is 2.90. The van der Waals surface area contributed by atoms with Crippen molar-refractivity contribution >= 4 is 5.91 Å². The second-order valence-electron chi connectivity index (χ2n) is 5.42. The Morgan fingerprint density at radius 3 is 2.83 bits per heavy atom. The van der Waals surface area contributed by atoms with Gasteiger partial charge in [0.15, 0.2) is 0 Å². The maximum Gasteiger partial charge on any atom is 0.242 e. The molecule has 0 unspecified atom stereocenters. The highest BCUT2D eigenvalue weighted by molar-refractivity contribution is 5.86. The van der Waals surface area contributed by atoms with Gasteiger partial charge in [0, 0.05) is 20.2 Å². The summed E-state index contributed by atoms with van der Waals surface area (Å²) >= 11 is 0. The molecule has 2 fully saturated rings. The van der Waals surface area contributed by atoms with Gasteiger partial charge in [-0.1, -0.05) is 19.3 Å². The molecule has 2 rings (SSSR count). The van der Waals surface area contributed by atoms with Crippen LogP contribution >= 0.6 is 0 Å². The summed E-state index contributed by atoms with van der Waals surface area (Å²) in [6.45, 7) is 2.36. The Hall–Kier alpha value is -0.650. The fourth-order valence-corrected chi connectivity index (χ4v) is 2.90. The van der Waals surface area contributed by atoms with Gasteiger partial charge < -0.3 is 20.1 Å². The fraction of sp³-hybridized carbons (Fsp3) is 0.923. The highest BCUT2D eigenvalue weighted by atomic mass is 16.5. The van der Waals surface area contributed by atoms with Gasteiger partial charge in [-0.2, -0.15) is 0 Å². The van der Waals surface area contributed by atoms with Crippen molar-refractivity contribution in [2.75, 3.05) is 33.4 Å². The molecular weight excluding hydrogens is 232 g/mol. The van der Waals surface area contributed by atoms with E-state index in [0.717, 1.165) is 25.7 Å². The number of methoxy groups -OCH3 is 1. The number of nitrogens with zero attached hydrogens (tertiary/aromatic N) is 1. The first-order valence-corrected chi connectivity index (χ1v) is 6.84. The van der Waals surface area contributed by atoms with Crippen LogP contribution in [0.1, 0.15) is 32.1 Å². The zero-order chi connectivity index (χ0) is 13.0. The predicted octanol–water partition coefficient (Wildman–Crippen LogP) is 0.522. The Morgan fingerprint density at radius 2 is 2.17 bits per heavy atom. The maximum atomic E-state index is 12.5. The number of hydrogen-bond acceptors (Lipinski definition) is 4. The summed E-state index contributed by atoms with van der Waals surface area (Å²) in [6.07, 6.45) is 4.94. The number of carbonyl (C=O) groups is 1. The number of rotatable bonds is 3. The van der Waals surface area contributed by atoms with Crippen molar-refractivity contribution in [3.63, 3.8) is 0 Å². The Morgan fingerprint density at radius 1 is 1.44 bits per heavy atom. The van der Waals surface area contributed by atoms with Crippen molar-refractivity contribution in [2.45, 2.75) is 43.7 Å². The van der Waals surface area contributed by atoms with Gasteiger partial charge in [-0.25, -0.2) is 0 Å². The number of hydrogen-bond donors (Lipinski definition) is 1. The van der Waals surface area contributed by atoms with Gasteiger partial charge in [0.2, 0.25) is 5.91 Å². The SMILES string of the molecule is COC[C@@H]1CN(C(=O)C2(N)CCCCC2)CCO1. The topological polar surface area (TPSA) is 64.8 Å². The molecule has 104 valence electrons. The second kappa shape index (κ2) is 5.99. The van der Waals surface area contributed by atoms with E-state index in [9.17, 15) is 4.79 Å². The summed E-state index contributed by atoms with van der Waals surface area (Å²) in [5.41, 5.74) is 5.66. The van der Waals surface area contributed by atoms with Crippen molar-refractivity contribution in [1.82, 2.24) is 4.90 Å². The van der Waals surface area contributed by atoms with Crippen molar-refractivity contribution < 1.29 is 14.3 Å². The Bertz CT molecular complexity index is 288. The smallest absolute Gasteiger partial charge is 0.242 e. The van der Waals surface area contributed by atoms with Crippen LogP contribution < -0.4 is 5.73 Å². The Balaban J connectivity index is 1.95. The summed E-state index contributed by atoms with van der Waals surface area (Å²) in [6, 6.07) is 0. The van der Waals surface area contributed by atoms with Crippen LogP contribution in [0.4, 0.5) is 0 Å². The van der Waals surface area contributed by atoms with E-state index in [-0.39, 0.29) is 12.0 Å².